The number of rotatable bonds is 11. The monoisotopic (exact) mass is 436 g/mol. The molecule has 0 radical (unpaired) electrons. The number of carbonyl (C=O) groups is 3. The predicted octanol–water partition coefficient (Wildman–Crippen LogP) is -0.774. The smallest absolute Gasteiger partial charge is 0.306 e. The molecule has 0 aliphatic rings. The molecule has 2 rings (SSSR count). The Morgan fingerprint density at radius 3 is 2.06 bits per heavy atom. The molecule has 0 bridgehead atoms. The van der Waals surface area contributed by atoms with Gasteiger partial charge in [-0.25, -0.2) is 0 Å². The fraction of sp³-hybridized carbons (Fsp3) is 0.429. The zero-order valence-corrected chi connectivity index (χ0v) is 17.5. The molecule has 2 aromatic rings. The summed E-state index contributed by atoms with van der Waals surface area (Å²) in [6, 6.07) is 12.2. The van der Waals surface area contributed by atoms with Crippen LogP contribution in [0.25, 0.3) is 11.3 Å². The van der Waals surface area contributed by atoms with Crippen molar-refractivity contribution >= 4 is 17.9 Å². The maximum atomic E-state index is 10.2. The third-order valence-electron chi connectivity index (χ3n) is 4.62. The summed E-state index contributed by atoms with van der Waals surface area (Å²) in [5.74, 6) is -4.49. The molecular weight excluding hydrogens is 408 g/mol. The molecule has 1 heterocycles. The Morgan fingerprint density at radius 2 is 1.61 bits per heavy atom. The molecule has 0 aliphatic heterocycles. The highest BCUT2D eigenvalue weighted by molar-refractivity contribution is 5.86. The first-order valence-electron chi connectivity index (χ1n) is 9.83. The molecule has 10 heteroatoms. The average molecular weight is 436 g/mol. The van der Waals surface area contributed by atoms with E-state index in [9.17, 15) is 19.5 Å². The second-order valence-corrected chi connectivity index (χ2v) is 6.97. The van der Waals surface area contributed by atoms with Crippen molar-refractivity contribution < 1.29 is 44.2 Å². The normalized spacial score (nSPS) is 11.0. The molecule has 0 unspecified atom stereocenters. The summed E-state index contributed by atoms with van der Waals surface area (Å²) in [7, 11) is 0. The molecule has 0 atom stereocenters. The number of hydrogen-bond acceptors (Lipinski definition) is 7. The van der Waals surface area contributed by atoms with Gasteiger partial charge in [0, 0.05) is 18.1 Å². The van der Waals surface area contributed by atoms with E-state index < -0.39 is 36.4 Å². The number of aromatic nitrogens is 1. The maximum Gasteiger partial charge on any atom is 0.306 e. The molecule has 0 aliphatic carbocycles. The van der Waals surface area contributed by atoms with E-state index in [-0.39, 0.29) is 0 Å². The topological polar surface area (TPSA) is 165 Å². The van der Waals surface area contributed by atoms with Gasteiger partial charge >= 0.3 is 11.9 Å². The van der Waals surface area contributed by atoms with Crippen LogP contribution >= 0.6 is 0 Å². The van der Waals surface area contributed by atoms with Crippen LogP contribution in [-0.2, 0) is 20.8 Å². The van der Waals surface area contributed by atoms with Gasteiger partial charge in [0.1, 0.15) is 5.60 Å². The predicted molar refractivity (Wildman–Crippen MR) is 107 cm³/mol. The molecule has 31 heavy (non-hydrogen) atoms. The van der Waals surface area contributed by atoms with Crippen LogP contribution in [-0.4, -0.2) is 63.6 Å². The number of quaternary nitrogens is 1. The van der Waals surface area contributed by atoms with Crippen molar-refractivity contribution in [2.75, 3.05) is 19.6 Å². The van der Waals surface area contributed by atoms with E-state index in [2.05, 4.69) is 25.1 Å². The van der Waals surface area contributed by atoms with E-state index in [0.29, 0.717) is 0 Å². The zero-order valence-electron chi connectivity index (χ0n) is 17.5. The van der Waals surface area contributed by atoms with E-state index in [1.165, 1.54) is 13.1 Å². The second-order valence-electron chi connectivity index (χ2n) is 6.97. The molecule has 170 valence electrons. The Kier molecular flexibility index (Phi) is 10.4. The fourth-order valence-corrected chi connectivity index (χ4v) is 2.78. The Labute approximate surface area is 179 Å². The number of carbonyl (C=O) groups excluding carboxylic acids is 1. The second kappa shape index (κ2) is 12.5. The van der Waals surface area contributed by atoms with Gasteiger partial charge in [0.25, 0.3) is 0 Å². The van der Waals surface area contributed by atoms with E-state index in [1.807, 2.05) is 30.3 Å². The Balaban J connectivity index is 0.000000330. The van der Waals surface area contributed by atoms with Gasteiger partial charge in [-0.15, -0.1) is 0 Å². The number of aliphatic carboxylic acids is 3. The molecule has 1 aromatic carbocycles. The Morgan fingerprint density at radius 1 is 1.06 bits per heavy atom. The van der Waals surface area contributed by atoms with Gasteiger partial charge in [-0.3, -0.25) is 9.59 Å². The quantitative estimate of drug-likeness (QED) is 0.354. The van der Waals surface area contributed by atoms with E-state index in [4.69, 9.17) is 19.8 Å². The molecule has 0 saturated carbocycles. The van der Waals surface area contributed by atoms with Gasteiger partial charge in [0.2, 0.25) is 0 Å². The summed E-state index contributed by atoms with van der Waals surface area (Å²) in [6.45, 7) is 7.89. The van der Waals surface area contributed by atoms with Gasteiger partial charge in [-0.1, -0.05) is 35.5 Å². The third-order valence-corrected chi connectivity index (χ3v) is 4.62. The van der Waals surface area contributed by atoms with Crippen molar-refractivity contribution in [3.63, 3.8) is 0 Å². The Bertz CT molecular complexity index is 830. The summed E-state index contributed by atoms with van der Waals surface area (Å²) < 4.78 is 5.39. The van der Waals surface area contributed by atoms with Crippen LogP contribution in [0.2, 0.25) is 0 Å². The van der Waals surface area contributed by atoms with Gasteiger partial charge < -0.3 is 34.6 Å². The lowest BCUT2D eigenvalue weighted by Gasteiger charge is -2.25. The number of benzene rings is 1. The molecule has 10 nitrogen and oxygen atoms in total. The molecule has 0 amide bonds. The number of hydrogen-bond donors (Lipinski definition) is 4. The van der Waals surface area contributed by atoms with Crippen molar-refractivity contribution in [1.82, 2.24) is 5.16 Å². The number of aliphatic hydroxyl groups is 1. The average Bonchev–Trinajstić information content (AvgIpc) is 3.18. The minimum Gasteiger partial charge on any atom is -0.547 e. The largest absolute Gasteiger partial charge is 0.547 e. The standard InChI is InChI=1S/C15H20N2O.C6H8O7/c1-3-17(4-2)11-10-14-12-15(18-16-14)13-8-6-5-7-9-13;7-3(8)1-6(13,5(11)12)2-4(9)10/h5-9,12H,3-4,10-11H2,1-2H3;13H,1-2H2,(H,7,8)(H,9,10)(H,11,12). The number of likely N-dealkylation sites (N-methyl/N-ethyl adjacent to an activating group) is 1. The molecular formula is C21H28N2O8. The van der Waals surface area contributed by atoms with Crippen molar-refractivity contribution in [1.29, 1.82) is 0 Å². The summed E-state index contributed by atoms with van der Waals surface area (Å²) in [4.78, 5) is 31.9. The first-order chi connectivity index (χ1) is 14.6. The van der Waals surface area contributed by atoms with Crippen molar-refractivity contribution in [2.24, 2.45) is 0 Å². The highest BCUT2D eigenvalue weighted by atomic mass is 16.5. The summed E-state index contributed by atoms with van der Waals surface area (Å²) in [6.07, 6.45) is -1.43. The van der Waals surface area contributed by atoms with Crippen LogP contribution in [0.4, 0.5) is 0 Å². The molecule has 4 N–H and O–H groups in total. The number of nitrogens with zero attached hydrogens (tertiary/aromatic N) is 1. The number of nitrogens with one attached hydrogen (secondary N) is 1. The fourth-order valence-electron chi connectivity index (χ4n) is 2.78. The maximum absolute atomic E-state index is 10.2. The van der Waals surface area contributed by atoms with Gasteiger partial charge in [0.15, 0.2) is 5.76 Å². The van der Waals surface area contributed by atoms with Gasteiger partial charge in [-0.2, -0.15) is 0 Å². The molecule has 0 saturated heterocycles. The van der Waals surface area contributed by atoms with Crippen LogP contribution in [0.15, 0.2) is 40.9 Å². The SMILES string of the molecule is CC[NH+](CC)CCc1cc(-c2ccccc2)on1.O=C(O)CC(O)(CC(=O)O)C(=O)[O-]. The minimum absolute atomic E-state index is 0.861. The van der Waals surface area contributed by atoms with Crippen LogP contribution in [0.5, 0.6) is 0 Å². The zero-order chi connectivity index (χ0) is 23.4. The van der Waals surface area contributed by atoms with Crippen LogP contribution in [0.1, 0.15) is 32.4 Å². The molecule has 0 spiro atoms. The lowest BCUT2D eigenvalue weighted by molar-refractivity contribution is -0.896. The highest BCUT2D eigenvalue weighted by Crippen LogP contribution is 2.19. The minimum atomic E-state index is -2.85. The van der Waals surface area contributed by atoms with Crippen LogP contribution < -0.4 is 10.0 Å². The van der Waals surface area contributed by atoms with E-state index in [0.717, 1.165) is 30.0 Å². The van der Waals surface area contributed by atoms with Crippen molar-refractivity contribution in [3.05, 3.63) is 42.1 Å². The van der Waals surface area contributed by atoms with Gasteiger partial charge in [-0.05, 0) is 13.8 Å². The van der Waals surface area contributed by atoms with Crippen LogP contribution in [0.3, 0.4) is 0 Å². The highest BCUT2D eigenvalue weighted by Gasteiger charge is 2.34. The summed E-state index contributed by atoms with van der Waals surface area (Å²) in [5, 5.41) is 39.7. The first kappa shape index (κ1) is 25.8. The van der Waals surface area contributed by atoms with Crippen LogP contribution in [0, 0.1) is 0 Å². The summed E-state index contributed by atoms with van der Waals surface area (Å²) in [5.41, 5.74) is -0.711. The third kappa shape index (κ3) is 8.97. The lowest BCUT2D eigenvalue weighted by atomic mass is 9.96. The number of carboxylic acid groups (broad SMARTS) is 3. The van der Waals surface area contributed by atoms with E-state index in [1.54, 1.807) is 4.90 Å². The van der Waals surface area contributed by atoms with Crippen molar-refractivity contribution in [2.45, 2.75) is 38.7 Å². The molecule has 0 fully saturated rings. The van der Waals surface area contributed by atoms with Crippen molar-refractivity contribution in [3.8, 4) is 11.3 Å². The van der Waals surface area contributed by atoms with Gasteiger partial charge in [0.05, 0.1) is 44.1 Å². The Hall–Kier alpha value is -3.24. The lowest BCUT2D eigenvalue weighted by Crippen LogP contribution is -3.11. The summed E-state index contributed by atoms with van der Waals surface area (Å²) >= 11 is 0. The molecule has 1 aromatic heterocycles. The first-order valence-corrected chi connectivity index (χ1v) is 9.83. The van der Waals surface area contributed by atoms with E-state index >= 15 is 0 Å². The number of carboxylic acids is 3.